The zero-order valence-electron chi connectivity index (χ0n) is 15.1. The van der Waals surface area contributed by atoms with E-state index in [4.69, 9.17) is 14.6 Å². The second-order valence-electron chi connectivity index (χ2n) is 6.80. The topological polar surface area (TPSA) is 55.8 Å². The number of carbonyl (C=O) groups is 1. The number of hydrogen-bond donors (Lipinski definition) is 1. The zero-order chi connectivity index (χ0) is 19.5. The van der Waals surface area contributed by atoms with Gasteiger partial charge >= 0.3 is 5.97 Å². The molecule has 0 aliphatic carbocycles. The summed E-state index contributed by atoms with van der Waals surface area (Å²) in [6.45, 7) is 0.771. The molecule has 3 aromatic rings. The Balaban J connectivity index is 1.40. The minimum atomic E-state index is -0.830. The van der Waals surface area contributed by atoms with Crippen molar-refractivity contribution in [3.63, 3.8) is 0 Å². The fraction of sp³-hybridized carbons (Fsp3) is 0.174. The lowest BCUT2D eigenvalue weighted by Gasteiger charge is -2.09. The zero-order valence-corrected chi connectivity index (χ0v) is 15.1. The third-order valence-corrected chi connectivity index (χ3v) is 4.80. The molecule has 0 amide bonds. The normalized spacial score (nSPS) is 15.0. The number of benzene rings is 3. The number of hydrogen-bond acceptors (Lipinski definition) is 3. The average Bonchev–Trinajstić information content (AvgIpc) is 3.08. The van der Waals surface area contributed by atoms with E-state index in [1.807, 2.05) is 42.5 Å². The molecule has 1 aliphatic heterocycles. The predicted octanol–water partition coefficient (Wildman–Crippen LogP) is 5.02. The summed E-state index contributed by atoms with van der Waals surface area (Å²) >= 11 is 0. The molecule has 4 rings (SSSR count). The van der Waals surface area contributed by atoms with Crippen molar-refractivity contribution in [1.29, 1.82) is 0 Å². The first-order chi connectivity index (χ1) is 13.6. The van der Waals surface area contributed by atoms with Crippen LogP contribution >= 0.6 is 0 Å². The van der Waals surface area contributed by atoms with E-state index in [1.165, 1.54) is 12.1 Å². The standard InChI is InChI=1S/C23H19FO4/c24-19-3-1-2-17(10-19)16-6-4-15(5-7-16)13-27-20-8-9-21-18(11-23(25)26)14-28-22(21)12-20/h1-10,12,18H,11,13-14H2,(H,25,26). The van der Waals surface area contributed by atoms with Gasteiger partial charge in [0.25, 0.3) is 0 Å². The van der Waals surface area contributed by atoms with Crippen LogP contribution in [0.2, 0.25) is 0 Å². The third-order valence-electron chi connectivity index (χ3n) is 4.80. The maximum absolute atomic E-state index is 13.4. The summed E-state index contributed by atoms with van der Waals surface area (Å²) in [6, 6.07) is 19.8. The van der Waals surface area contributed by atoms with Crippen molar-refractivity contribution in [2.24, 2.45) is 0 Å². The minimum Gasteiger partial charge on any atom is -0.492 e. The van der Waals surface area contributed by atoms with Crippen molar-refractivity contribution >= 4 is 5.97 Å². The van der Waals surface area contributed by atoms with E-state index in [1.54, 1.807) is 12.1 Å². The molecular formula is C23H19FO4. The smallest absolute Gasteiger partial charge is 0.304 e. The largest absolute Gasteiger partial charge is 0.492 e. The summed E-state index contributed by atoms with van der Waals surface area (Å²) in [5.41, 5.74) is 3.68. The van der Waals surface area contributed by atoms with Gasteiger partial charge in [-0.05, 0) is 34.9 Å². The van der Waals surface area contributed by atoms with E-state index < -0.39 is 5.97 Å². The molecule has 0 bridgehead atoms. The van der Waals surface area contributed by atoms with Gasteiger partial charge in [-0.3, -0.25) is 4.79 Å². The van der Waals surface area contributed by atoms with Crippen LogP contribution in [0.1, 0.15) is 23.5 Å². The third kappa shape index (κ3) is 3.98. The van der Waals surface area contributed by atoms with E-state index in [2.05, 4.69) is 0 Å². The number of fused-ring (bicyclic) bond motifs is 1. The second-order valence-corrected chi connectivity index (χ2v) is 6.80. The first kappa shape index (κ1) is 18.0. The van der Waals surface area contributed by atoms with Crippen molar-refractivity contribution in [3.05, 3.63) is 83.7 Å². The molecule has 4 nitrogen and oxygen atoms in total. The lowest BCUT2D eigenvalue weighted by molar-refractivity contribution is -0.137. The van der Waals surface area contributed by atoms with Gasteiger partial charge in [-0.25, -0.2) is 4.39 Å². The molecule has 0 spiro atoms. The SMILES string of the molecule is O=C(O)CC1COc2cc(OCc3ccc(-c4cccc(F)c4)cc3)ccc21. The number of carboxylic acid groups (broad SMARTS) is 1. The van der Waals surface area contributed by atoms with Gasteiger partial charge in [-0.1, -0.05) is 42.5 Å². The predicted molar refractivity (Wildman–Crippen MR) is 103 cm³/mol. The highest BCUT2D eigenvalue weighted by atomic mass is 19.1. The fourth-order valence-electron chi connectivity index (χ4n) is 3.35. The van der Waals surface area contributed by atoms with Crippen molar-refractivity contribution < 1.29 is 23.8 Å². The second kappa shape index (κ2) is 7.72. The van der Waals surface area contributed by atoms with Gasteiger partial charge < -0.3 is 14.6 Å². The Morgan fingerprint density at radius 3 is 2.64 bits per heavy atom. The molecule has 28 heavy (non-hydrogen) atoms. The van der Waals surface area contributed by atoms with Gasteiger partial charge in [0.1, 0.15) is 23.9 Å². The van der Waals surface area contributed by atoms with Crippen LogP contribution in [0.3, 0.4) is 0 Å². The molecule has 0 radical (unpaired) electrons. The Morgan fingerprint density at radius 1 is 1.07 bits per heavy atom. The molecule has 3 aromatic carbocycles. The summed E-state index contributed by atoms with van der Waals surface area (Å²) in [5.74, 6) is 0.156. The quantitative estimate of drug-likeness (QED) is 0.654. The molecule has 1 aliphatic rings. The van der Waals surface area contributed by atoms with Crippen molar-refractivity contribution in [3.8, 4) is 22.6 Å². The van der Waals surface area contributed by atoms with Crippen LogP contribution in [0.5, 0.6) is 11.5 Å². The van der Waals surface area contributed by atoms with E-state index in [9.17, 15) is 9.18 Å². The number of ether oxygens (including phenoxy) is 2. The monoisotopic (exact) mass is 378 g/mol. The molecule has 0 aromatic heterocycles. The Bertz CT molecular complexity index is 998. The highest BCUT2D eigenvalue weighted by Crippen LogP contribution is 2.38. The van der Waals surface area contributed by atoms with E-state index >= 15 is 0 Å². The Labute approximate surface area is 162 Å². The van der Waals surface area contributed by atoms with Gasteiger partial charge in [0, 0.05) is 17.5 Å². The van der Waals surface area contributed by atoms with E-state index in [0.717, 1.165) is 22.3 Å². The van der Waals surface area contributed by atoms with Gasteiger partial charge in [-0.2, -0.15) is 0 Å². The lowest BCUT2D eigenvalue weighted by Crippen LogP contribution is -2.07. The van der Waals surface area contributed by atoms with Crippen LogP contribution in [0.4, 0.5) is 4.39 Å². The Kier molecular flexibility index (Phi) is 4.98. The molecule has 1 N–H and O–H groups in total. The van der Waals surface area contributed by atoms with Crippen LogP contribution in [-0.2, 0) is 11.4 Å². The number of carboxylic acids is 1. The molecule has 1 unspecified atom stereocenters. The van der Waals surface area contributed by atoms with Gasteiger partial charge in [0.2, 0.25) is 0 Å². The fourth-order valence-corrected chi connectivity index (χ4v) is 3.35. The van der Waals surface area contributed by atoms with Crippen molar-refractivity contribution in [1.82, 2.24) is 0 Å². The summed E-state index contributed by atoms with van der Waals surface area (Å²) in [6.07, 6.45) is 0.0604. The maximum Gasteiger partial charge on any atom is 0.304 e. The van der Waals surface area contributed by atoms with E-state index in [-0.39, 0.29) is 18.2 Å². The summed E-state index contributed by atoms with van der Waals surface area (Å²) < 4.78 is 24.8. The molecular weight excluding hydrogens is 359 g/mol. The molecule has 1 heterocycles. The number of rotatable bonds is 6. The van der Waals surface area contributed by atoms with Crippen LogP contribution in [-0.4, -0.2) is 17.7 Å². The van der Waals surface area contributed by atoms with Crippen LogP contribution < -0.4 is 9.47 Å². The van der Waals surface area contributed by atoms with Crippen LogP contribution in [0.15, 0.2) is 66.7 Å². The molecule has 5 heteroatoms. The Morgan fingerprint density at radius 2 is 1.89 bits per heavy atom. The molecule has 0 saturated carbocycles. The molecule has 0 fully saturated rings. The van der Waals surface area contributed by atoms with Crippen molar-refractivity contribution in [2.45, 2.75) is 18.9 Å². The lowest BCUT2D eigenvalue weighted by atomic mass is 9.98. The summed E-state index contributed by atoms with van der Waals surface area (Å²) in [4.78, 5) is 10.9. The number of halogens is 1. The number of aliphatic carboxylic acids is 1. The molecule has 0 saturated heterocycles. The Hall–Kier alpha value is -3.34. The van der Waals surface area contributed by atoms with Gasteiger partial charge in [0.15, 0.2) is 0 Å². The van der Waals surface area contributed by atoms with Gasteiger partial charge in [-0.15, -0.1) is 0 Å². The van der Waals surface area contributed by atoms with Gasteiger partial charge in [0.05, 0.1) is 13.0 Å². The van der Waals surface area contributed by atoms with E-state index in [0.29, 0.717) is 24.7 Å². The average molecular weight is 378 g/mol. The minimum absolute atomic E-state index is 0.0604. The summed E-state index contributed by atoms with van der Waals surface area (Å²) in [5, 5.41) is 8.97. The molecule has 1 atom stereocenters. The summed E-state index contributed by atoms with van der Waals surface area (Å²) in [7, 11) is 0. The first-order valence-electron chi connectivity index (χ1n) is 9.05. The van der Waals surface area contributed by atoms with Crippen LogP contribution in [0.25, 0.3) is 11.1 Å². The maximum atomic E-state index is 13.4. The molecule has 142 valence electrons. The van der Waals surface area contributed by atoms with Crippen molar-refractivity contribution in [2.75, 3.05) is 6.61 Å². The first-order valence-corrected chi connectivity index (χ1v) is 9.05. The highest BCUT2D eigenvalue weighted by molar-refractivity contribution is 5.69. The van der Waals surface area contributed by atoms with Crippen LogP contribution in [0, 0.1) is 5.82 Å². The highest BCUT2D eigenvalue weighted by Gasteiger charge is 2.26.